The van der Waals surface area contributed by atoms with Crippen LogP contribution >= 0.6 is 11.3 Å². The summed E-state index contributed by atoms with van der Waals surface area (Å²) in [4.78, 5) is 107. The van der Waals surface area contributed by atoms with Crippen LogP contribution in [0.1, 0.15) is 139 Å². The van der Waals surface area contributed by atoms with Gasteiger partial charge in [0.25, 0.3) is 27.8 Å². The number of para-hydroxylation sites is 1. The Morgan fingerprint density at radius 1 is 0.667 bits per heavy atom. The number of ether oxygens (including phenoxy) is 16. The van der Waals surface area contributed by atoms with E-state index in [1.165, 1.54) is 11.3 Å². The molecule has 6 atom stereocenters. The highest BCUT2D eigenvalue weighted by molar-refractivity contribution is 7.85. The molecule has 4 saturated carbocycles. The Balaban J connectivity index is 0.569. The van der Waals surface area contributed by atoms with E-state index in [1.54, 1.807) is 67.8 Å². The monoisotopic (exact) mass is 1960 g/mol. The molecular weight excluding hydrogens is 1830 g/mol. The standard InChI is InChI=1S/C98H131N9O29S2/c1-68(77(58-99)75-21-22-84(103-88(75)92(115)116)106-27-25-71-11-9-12-76(78(71)59-106)89(111)104-93-102-79-13-5-6-14-83(79)137-93)101-67-97-62-95(2)61-96(3,63-97)65-98(64-95,66-97)134-30-28-105(29-53-138(118,119)120)94(117)133-60-72-18-15-69(55-81(72)135-87-57-73(108)56-82(136-87)91(113)114)10-7-8-26-100-90(112)80(107-85(109)23-24-86(107)110)54-70-16-19-74(20-17-70)132-52-51-131-50-49-130-48-47-129-46-45-128-44-43-127-42-41-126-40-39-125-38-37-124-36-35-123-34-33-122-32-31-121-4/h5-6,9,11-24,55,58,73,80,82,87,99,101,108H,7-8,10,25-54,56-57,59-67H2,1-4H3,(H,100,112)(H,113,114)(H,115,116)(H,102,104,111)(H,118,119,120)/b77-68+,99-58?/t73-,80-,82-,87+,95?,96?,97?,98?/m0/s1. The Morgan fingerprint density at radius 2 is 1.27 bits per heavy atom. The minimum atomic E-state index is -4.60. The van der Waals surface area contributed by atoms with Crippen molar-refractivity contribution in [2.75, 3.05) is 208 Å². The van der Waals surface area contributed by atoms with Crippen molar-refractivity contribution < 1.29 is 138 Å². The second-order valence-electron chi connectivity index (χ2n) is 36.0. The van der Waals surface area contributed by atoms with Gasteiger partial charge in [0, 0.05) is 112 Å². The van der Waals surface area contributed by atoms with Gasteiger partial charge in [-0.05, 0) is 158 Å². The van der Waals surface area contributed by atoms with E-state index in [1.807, 2.05) is 48.2 Å². The fraction of sp³-hybridized carbons (Fsp3) is 0.571. The molecule has 13 rings (SSSR count). The number of hydrogen-bond acceptors (Lipinski definition) is 32. The number of fused-ring (bicyclic) bond motifs is 2. The third-order valence-corrected chi connectivity index (χ3v) is 26.5. The summed E-state index contributed by atoms with van der Waals surface area (Å²) >= 11 is 1.38. The normalized spacial score (nSPS) is 20.9. The molecule has 8 N–H and O–H groups in total. The second kappa shape index (κ2) is 53.0. The number of aliphatic carboxylic acids is 1. The fourth-order valence-corrected chi connectivity index (χ4v) is 20.9. The van der Waals surface area contributed by atoms with Crippen molar-refractivity contribution in [1.29, 1.82) is 5.41 Å². The van der Waals surface area contributed by atoms with E-state index in [4.69, 9.17) is 86.2 Å². The number of aliphatic hydroxyl groups is 1. The predicted octanol–water partition coefficient (Wildman–Crippen LogP) is 9.33. The van der Waals surface area contributed by atoms with E-state index in [9.17, 15) is 61.9 Å². The number of carbonyl (C=O) groups is 7. The zero-order chi connectivity index (χ0) is 97.9. The molecule has 5 heterocycles. The Morgan fingerprint density at radius 3 is 1.86 bits per heavy atom. The number of thiazole rings is 1. The lowest BCUT2D eigenvalue weighted by Gasteiger charge is -2.69. The summed E-state index contributed by atoms with van der Waals surface area (Å²) in [6.07, 6.45) is 4.94. The first-order chi connectivity index (χ1) is 66.6. The van der Waals surface area contributed by atoms with Gasteiger partial charge in [-0.25, -0.2) is 24.4 Å². The number of unbranched alkanes of at least 4 members (excludes halogenated alkanes) is 1. The first-order valence-corrected chi connectivity index (χ1v) is 49.4. The van der Waals surface area contributed by atoms with Crippen LogP contribution in [0.5, 0.6) is 11.5 Å². The zero-order valence-electron chi connectivity index (χ0n) is 78.9. The summed E-state index contributed by atoms with van der Waals surface area (Å²) in [5, 5.41) is 50.2. The smallest absolute Gasteiger partial charge is 0.410 e. The average Bonchev–Trinajstić information content (AvgIpc) is 0.767. The summed E-state index contributed by atoms with van der Waals surface area (Å²) < 4.78 is 127. The van der Waals surface area contributed by atoms with Crippen molar-refractivity contribution in [1.82, 2.24) is 30.4 Å². The van der Waals surface area contributed by atoms with Crippen LogP contribution in [-0.2, 0) is 128 Å². The van der Waals surface area contributed by atoms with Crippen molar-refractivity contribution in [3.63, 3.8) is 0 Å². The molecule has 138 heavy (non-hydrogen) atoms. The van der Waals surface area contributed by atoms with Crippen molar-refractivity contribution in [3.05, 3.63) is 160 Å². The van der Waals surface area contributed by atoms with Gasteiger partial charge in [0.1, 0.15) is 36.6 Å². The van der Waals surface area contributed by atoms with Crippen molar-refractivity contribution >= 4 is 96.1 Å². The number of imide groups is 1. The van der Waals surface area contributed by atoms with E-state index < -0.39 is 94.9 Å². The third-order valence-electron chi connectivity index (χ3n) is 24.9. The van der Waals surface area contributed by atoms with Gasteiger partial charge in [0.15, 0.2) is 16.9 Å². The molecule has 0 radical (unpaired) electrons. The molecule has 5 fully saturated rings. The van der Waals surface area contributed by atoms with E-state index in [-0.39, 0.29) is 91.3 Å². The number of rotatable bonds is 64. The molecule has 4 aliphatic carbocycles. The summed E-state index contributed by atoms with van der Waals surface area (Å²) in [5.41, 5.74) is 4.25. The number of carbonyl (C=O) groups excluding carboxylic acids is 5. The number of methoxy groups -OCH3 is 1. The molecule has 1 saturated heterocycles. The van der Waals surface area contributed by atoms with Gasteiger partial charge in [-0.3, -0.25) is 33.9 Å². The summed E-state index contributed by atoms with van der Waals surface area (Å²) in [5.74, 6) is -4.46. The molecule has 40 heteroatoms. The number of carboxylic acids is 2. The van der Waals surface area contributed by atoms with Gasteiger partial charge < -0.3 is 117 Å². The number of aryl methyl sites for hydroxylation is 1. The highest BCUT2D eigenvalue weighted by Crippen LogP contribution is 2.71. The molecular formula is C98H131N9O29S2. The topological polar surface area (TPSA) is 478 Å². The summed E-state index contributed by atoms with van der Waals surface area (Å²) in [6.45, 7) is 16.2. The summed E-state index contributed by atoms with van der Waals surface area (Å²) in [7, 11) is -2.97. The lowest BCUT2D eigenvalue weighted by atomic mass is 9.39. The van der Waals surface area contributed by atoms with Crippen LogP contribution < -0.4 is 30.3 Å². The maximum absolute atomic E-state index is 14.4. The summed E-state index contributed by atoms with van der Waals surface area (Å²) in [6, 6.07) is 27.5. The van der Waals surface area contributed by atoms with Crippen molar-refractivity contribution in [2.24, 2.45) is 16.2 Å². The lowest BCUT2D eigenvalue weighted by molar-refractivity contribution is -0.243. The first-order valence-electron chi connectivity index (χ1n) is 47.0. The molecule has 6 aromatic rings. The van der Waals surface area contributed by atoms with Gasteiger partial charge in [-0.15, -0.1) is 0 Å². The first kappa shape index (κ1) is 107. The van der Waals surface area contributed by atoms with E-state index in [0.29, 0.717) is 247 Å². The number of nitrogens with zero attached hydrogens (tertiary/aromatic N) is 5. The molecule has 754 valence electrons. The number of amides is 5. The number of nitrogens with one attached hydrogen (secondary N) is 4. The highest BCUT2D eigenvalue weighted by atomic mass is 32.2. The molecule has 7 aliphatic rings. The van der Waals surface area contributed by atoms with Gasteiger partial charge >= 0.3 is 18.0 Å². The molecule has 4 aromatic carbocycles. The van der Waals surface area contributed by atoms with Crippen molar-refractivity contribution in [3.8, 4) is 11.5 Å². The fourth-order valence-electron chi connectivity index (χ4n) is 19.6. The number of allylic oxidation sites excluding steroid dienone is 2. The molecule has 3 aliphatic heterocycles. The van der Waals surface area contributed by atoms with Crippen LogP contribution in [0.2, 0.25) is 0 Å². The Hall–Kier alpha value is -10.1. The van der Waals surface area contributed by atoms with E-state index >= 15 is 0 Å². The van der Waals surface area contributed by atoms with E-state index in [0.717, 1.165) is 68.8 Å². The van der Waals surface area contributed by atoms with Crippen LogP contribution in [-0.4, -0.2) is 324 Å². The van der Waals surface area contributed by atoms with Crippen LogP contribution in [0.3, 0.4) is 0 Å². The van der Waals surface area contributed by atoms with Gasteiger partial charge in [-0.1, -0.05) is 73.7 Å². The maximum Gasteiger partial charge on any atom is 0.410 e. The Bertz CT molecular complexity index is 5150. The van der Waals surface area contributed by atoms with E-state index in [2.05, 4.69) is 34.8 Å². The minimum Gasteiger partial charge on any atom is -0.491 e. The number of anilines is 2. The molecule has 0 spiro atoms. The number of aromatic nitrogens is 2. The van der Waals surface area contributed by atoms with Crippen LogP contribution in [0.25, 0.3) is 15.8 Å². The van der Waals surface area contributed by atoms with Gasteiger partial charge in [-0.2, -0.15) is 8.42 Å². The third kappa shape index (κ3) is 32.5. The van der Waals surface area contributed by atoms with Crippen molar-refractivity contribution in [2.45, 2.75) is 148 Å². The molecule has 2 aromatic heterocycles. The Kier molecular flexibility index (Phi) is 41.0. The van der Waals surface area contributed by atoms with Crippen LogP contribution in [0.15, 0.2) is 115 Å². The SMILES string of the molecule is COCCOCCOCCOCCOCCOCCOCCOCCOCCOCCOCCOc1ccc(C[C@@H](C(=O)NCCCCc2ccc(COC(=O)N(CCOC34CC5(C)CC(C)(CC(CN/C(C)=C(\C=N)c6ccc(N7CCc8cccc(C(=O)Nc9nc%10ccccc%10s9)c8C7)nc6C(=O)O)(C5)C3)C4)CCS(=O)(=O)O)c(O[C@H]3C[C@@H](O)C[C@@H](C(=O)O)O3)c2)N2C(=O)C=CC2=O)cc1. The number of aromatic carboxylic acids is 1. The number of hydrogen-bond donors (Lipinski definition) is 8. The van der Waals surface area contributed by atoms with Crippen LogP contribution in [0.4, 0.5) is 15.7 Å². The van der Waals surface area contributed by atoms with Crippen LogP contribution in [0, 0.1) is 21.7 Å². The quantitative estimate of drug-likeness (QED) is 0.00762. The zero-order valence-corrected chi connectivity index (χ0v) is 80.6. The predicted molar refractivity (Wildman–Crippen MR) is 508 cm³/mol. The average molecular weight is 1960 g/mol. The second-order valence-corrected chi connectivity index (χ2v) is 38.6. The largest absolute Gasteiger partial charge is 0.491 e. The lowest BCUT2D eigenvalue weighted by Crippen LogP contribution is -2.65. The molecule has 4 bridgehead atoms. The Labute approximate surface area is 807 Å². The maximum atomic E-state index is 14.4. The van der Waals surface area contributed by atoms with Gasteiger partial charge in [0.2, 0.25) is 12.2 Å². The minimum absolute atomic E-state index is 0.00820. The van der Waals surface area contributed by atoms with Gasteiger partial charge in [0.05, 0.1) is 173 Å². The molecule has 2 unspecified atom stereocenters. The number of aliphatic hydroxyl groups excluding tert-OH is 1. The number of pyridine rings is 1. The number of carboxylic acid groups (broad SMARTS) is 2. The molecule has 38 nitrogen and oxygen atoms in total. The number of benzene rings is 4. The highest BCUT2D eigenvalue weighted by Gasteiger charge is 2.66. The molecule has 5 amide bonds.